The molecule has 3 amide bonds. The standard InChI is InChI=1S/C20H32F3N3O4/c1-19(2,3)30-18(29)24-15-10-6-13(7-11-15)17(28)26-25-16(27)12-4-8-14(9-5-12)20(21,22)23/h12-15H,4-11H2,1-3H3,(H,24,29)(H,25,27)(H,26,28). The molecule has 0 aliphatic heterocycles. The first kappa shape index (κ1) is 24.3. The topological polar surface area (TPSA) is 96.5 Å². The van der Waals surface area contributed by atoms with Crippen LogP contribution < -0.4 is 16.2 Å². The number of alkyl carbamates (subject to hydrolysis) is 1. The van der Waals surface area contributed by atoms with Crippen molar-refractivity contribution in [3.63, 3.8) is 0 Å². The molecule has 2 aliphatic carbocycles. The number of nitrogens with one attached hydrogen (secondary N) is 3. The van der Waals surface area contributed by atoms with Gasteiger partial charge in [0.15, 0.2) is 0 Å². The van der Waals surface area contributed by atoms with E-state index < -0.39 is 35.6 Å². The molecule has 0 aromatic rings. The van der Waals surface area contributed by atoms with Gasteiger partial charge in [0.1, 0.15) is 5.60 Å². The highest BCUT2D eigenvalue weighted by atomic mass is 19.4. The second kappa shape index (κ2) is 9.87. The van der Waals surface area contributed by atoms with Gasteiger partial charge in [-0.3, -0.25) is 20.4 Å². The molecule has 0 radical (unpaired) electrons. The average Bonchev–Trinajstić information content (AvgIpc) is 2.64. The summed E-state index contributed by atoms with van der Waals surface area (Å²) < 4.78 is 43.4. The normalized spacial score (nSPS) is 27.7. The Morgan fingerprint density at radius 2 is 1.20 bits per heavy atom. The average molecular weight is 435 g/mol. The van der Waals surface area contributed by atoms with Gasteiger partial charge in [0.25, 0.3) is 0 Å². The molecule has 0 bridgehead atoms. The Bertz CT molecular complexity index is 618. The van der Waals surface area contributed by atoms with E-state index in [1.54, 1.807) is 20.8 Å². The molecule has 2 saturated carbocycles. The molecule has 0 aromatic carbocycles. The van der Waals surface area contributed by atoms with Crippen molar-refractivity contribution in [3.8, 4) is 0 Å². The SMILES string of the molecule is CC(C)(C)OC(=O)NC1CCC(C(=O)NNC(=O)C2CCC(C(F)(F)F)CC2)CC1. The lowest BCUT2D eigenvalue weighted by Gasteiger charge is -2.30. The molecule has 0 heterocycles. The van der Waals surface area contributed by atoms with Gasteiger partial charge >= 0.3 is 12.3 Å². The van der Waals surface area contributed by atoms with Gasteiger partial charge in [0, 0.05) is 17.9 Å². The van der Waals surface area contributed by atoms with Gasteiger partial charge in [0.2, 0.25) is 11.8 Å². The third kappa shape index (κ3) is 7.68. The minimum Gasteiger partial charge on any atom is -0.444 e. The molecular weight excluding hydrogens is 403 g/mol. The van der Waals surface area contributed by atoms with E-state index in [4.69, 9.17) is 4.74 Å². The summed E-state index contributed by atoms with van der Waals surface area (Å²) in [5.74, 6) is -2.91. The number of ether oxygens (including phenoxy) is 1. The monoisotopic (exact) mass is 435 g/mol. The van der Waals surface area contributed by atoms with Gasteiger partial charge in [-0.25, -0.2) is 4.79 Å². The lowest BCUT2D eigenvalue weighted by Crippen LogP contribution is -2.49. The fourth-order valence-electron chi connectivity index (χ4n) is 3.98. The summed E-state index contributed by atoms with van der Waals surface area (Å²) in [6.45, 7) is 5.35. The molecule has 172 valence electrons. The van der Waals surface area contributed by atoms with Gasteiger partial charge in [0.05, 0.1) is 5.92 Å². The zero-order chi connectivity index (χ0) is 22.5. The summed E-state index contributed by atoms with van der Waals surface area (Å²) >= 11 is 0. The van der Waals surface area contributed by atoms with E-state index in [0.717, 1.165) is 0 Å². The Labute approximate surface area is 174 Å². The summed E-state index contributed by atoms with van der Waals surface area (Å²) in [6, 6.07) is -0.0673. The van der Waals surface area contributed by atoms with E-state index in [0.29, 0.717) is 25.7 Å². The zero-order valence-electron chi connectivity index (χ0n) is 17.7. The van der Waals surface area contributed by atoms with Crippen molar-refractivity contribution < 1.29 is 32.3 Å². The highest BCUT2D eigenvalue weighted by Gasteiger charge is 2.42. The van der Waals surface area contributed by atoms with Crippen molar-refractivity contribution in [1.82, 2.24) is 16.2 Å². The van der Waals surface area contributed by atoms with E-state index in [1.165, 1.54) is 0 Å². The number of hydrazine groups is 1. The molecule has 3 N–H and O–H groups in total. The third-order valence-corrected chi connectivity index (χ3v) is 5.69. The van der Waals surface area contributed by atoms with E-state index in [1.807, 2.05) is 0 Å². The smallest absolute Gasteiger partial charge is 0.407 e. The van der Waals surface area contributed by atoms with E-state index in [9.17, 15) is 27.6 Å². The van der Waals surface area contributed by atoms with E-state index in [2.05, 4.69) is 16.2 Å². The highest BCUT2D eigenvalue weighted by molar-refractivity contribution is 5.84. The van der Waals surface area contributed by atoms with Crippen LogP contribution in [0.2, 0.25) is 0 Å². The number of amides is 3. The fraction of sp³-hybridized carbons (Fsp3) is 0.850. The van der Waals surface area contributed by atoms with Crippen molar-refractivity contribution in [1.29, 1.82) is 0 Å². The Morgan fingerprint density at radius 3 is 1.60 bits per heavy atom. The molecule has 0 atom stereocenters. The van der Waals surface area contributed by atoms with Gasteiger partial charge in [-0.1, -0.05) is 0 Å². The zero-order valence-corrected chi connectivity index (χ0v) is 17.7. The van der Waals surface area contributed by atoms with Crippen LogP contribution in [0.5, 0.6) is 0 Å². The van der Waals surface area contributed by atoms with Crippen LogP contribution in [0.1, 0.15) is 72.1 Å². The van der Waals surface area contributed by atoms with Crippen molar-refractivity contribution in [2.75, 3.05) is 0 Å². The Hall–Kier alpha value is -2.00. The summed E-state index contributed by atoms with van der Waals surface area (Å²) in [6.07, 6.45) is -2.16. The Kier molecular flexibility index (Phi) is 7.99. The predicted octanol–water partition coefficient (Wildman–Crippen LogP) is 3.59. The van der Waals surface area contributed by atoms with Crippen LogP contribution in [-0.2, 0) is 14.3 Å². The van der Waals surface area contributed by atoms with E-state index >= 15 is 0 Å². The van der Waals surface area contributed by atoms with Gasteiger partial charge in [-0.15, -0.1) is 0 Å². The lowest BCUT2D eigenvalue weighted by molar-refractivity contribution is -0.184. The van der Waals surface area contributed by atoms with Crippen molar-refractivity contribution in [3.05, 3.63) is 0 Å². The van der Waals surface area contributed by atoms with Gasteiger partial charge in [-0.05, 0) is 72.1 Å². The van der Waals surface area contributed by atoms with Crippen LogP contribution >= 0.6 is 0 Å². The third-order valence-electron chi connectivity index (χ3n) is 5.69. The number of carbonyl (C=O) groups excluding carboxylic acids is 3. The van der Waals surface area contributed by atoms with Gasteiger partial charge in [-0.2, -0.15) is 13.2 Å². The predicted molar refractivity (Wildman–Crippen MR) is 103 cm³/mol. The number of carbonyl (C=O) groups is 3. The molecule has 30 heavy (non-hydrogen) atoms. The highest BCUT2D eigenvalue weighted by Crippen LogP contribution is 2.39. The molecule has 0 unspecified atom stereocenters. The number of hydrogen-bond donors (Lipinski definition) is 3. The Morgan fingerprint density at radius 1 is 0.767 bits per heavy atom. The summed E-state index contributed by atoms with van der Waals surface area (Å²) in [7, 11) is 0. The van der Waals surface area contributed by atoms with Crippen LogP contribution in [0.15, 0.2) is 0 Å². The van der Waals surface area contributed by atoms with Crippen LogP contribution in [0.4, 0.5) is 18.0 Å². The maximum Gasteiger partial charge on any atom is 0.407 e. The first-order valence-electron chi connectivity index (χ1n) is 10.5. The molecule has 2 fully saturated rings. The van der Waals surface area contributed by atoms with Crippen molar-refractivity contribution in [2.24, 2.45) is 17.8 Å². The second-order valence-corrected chi connectivity index (χ2v) is 9.26. The summed E-state index contributed by atoms with van der Waals surface area (Å²) in [5, 5.41) is 2.80. The molecule has 10 heteroatoms. The molecule has 2 aliphatic rings. The number of halogens is 3. The first-order valence-corrected chi connectivity index (χ1v) is 10.5. The van der Waals surface area contributed by atoms with Crippen molar-refractivity contribution >= 4 is 17.9 Å². The van der Waals surface area contributed by atoms with E-state index in [-0.39, 0.29) is 43.6 Å². The minimum absolute atomic E-state index is 0.0653. The molecule has 7 nitrogen and oxygen atoms in total. The summed E-state index contributed by atoms with van der Waals surface area (Å²) in [4.78, 5) is 36.3. The maximum atomic E-state index is 12.7. The molecule has 2 rings (SSSR count). The second-order valence-electron chi connectivity index (χ2n) is 9.26. The van der Waals surface area contributed by atoms with Crippen LogP contribution in [-0.4, -0.2) is 35.7 Å². The molecule has 0 aromatic heterocycles. The molecule has 0 spiro atoms. The first-order chi connectivity index (χ1) is 13.8. The largest absolute Gasteiger partial charge is 0.444 e. The number of hydrogen-bond acceptors (Lipinski definition) is 4. The van der Waals surface area contributed by atoms with Crippen LogP contribution in [0.3, 0.4) is 0 Å². The minimum atomic E-state index is -4.22. The van der Waals surface area contributed by atoms with Crippen LogP contribution in [0, 0.1) is 17.8 Å². The van der Waals surface area contributed by atoms with Crippen LogP contribution in [0.25, 0.3) is 0 Å². The van der Waals surface area contributed by atoms with Gasteiger partial charge < -0.3 is 10.1 Å². The fourth-order valence-corrected chi connectivity index (χ4v) is 3.98. The Balaban J connectivity index is 1.67. The quantitative estimate of drug-likeness (QED) is 0.591. The number of rotatable bonds is 3. The maximum absolute atomic E-state index is 12.7. The number of alkyl halides is 3. The summed E-state index contributed by atoms with van der Waals surface area (Å²) in [5.41, 5.74) is 4.19. The molecular formula is C20H32F3N3O4. The molecule has 0 saturated heterocycles. The van der Waals surface area contributed by atoms with Crippen molar-refractivity contribution in [2.45, 2.75) is 90.0 Å². The lowest BCUT2D eigenvalue weighted by atomic mass is 9.81.